The number of rotatable bonds is 5. The molecule has 1 aromatic rings. The zero-order chi connectivity index (χ0) is 18.0. The third kappa shape index (κ3) is 3.94. The van der Waals surface area contributed by atoms with Gasteiger partial charge in [0, 0.05) is 43.1 Å². The standard InChI is InChI=1S/C21H31BrN4/c1-23-20(26-13-8-17(15-26)14-25-11-4-5-12-25)24-16-21(9-10-21)18-6-2-3-7-19(18)22/h2-3,6-7,17H,4-5,8-16H2,1H3,(H,23,24). The molecule has 2 saturated heterocycles. The van der Waals surface area contributed by atoms with Crippen molar-refractivity contribution >= 4 is 21.9 Å². The smallest absolute Gasteiger partial charge is 0.193 e. The third-order valence-corrected chi connectivity index (χ3v) is 7.09. The average Bonchev–Trinajstić information content (AvgIpc) is 3.04. The lowest BCUT2D eigenvalue weighted by molar-refractivity contribution is 0.281. The van der Waals surface area contributed by atoms with Crippen molar-refractivity contribution in [3.8, 4) is 0 Å². The number of benzene rings is 1. The van der Waals surface area contributed by atoms with Crippen LogP contribution >= 0.6 is 15.9 Å². The SMILES string of the molecule is CN=C(NCC1(c2ccccc2Br)CC1)N1CCC(CN2CCCC2)C1. The number of hydrogen-bond acceptors (Lipinski definition) is 2. The van der Waals surface area contributed by atoms with Crippen molar-refractivity contribution in [2.45, 2.75) is 37.5 Å². The molecular formula is C21H31BrN4. The van der Waals surface area contributed by atoms with Crippen molar-refractivity contribution in [3.05, 3.63) is 34.3 Å². The lowest BCUT2D eigenvalue weighted by atomic mass is 9.96. The molecule has 2 aliphatic heterocycles. The van der Waals surface area contributed by atoms with E-state index in [9.17, 15) is 0 Å². The second kappa shape index (κ2) is 7.89. The quantitative estimate of drug-likeness (QED) is 0.586. The van der Waals surface area contributed by atoms with Gasteiger partial charge in [-0.1, -0.05) is 34.1 Å². The molecule has 2 heterocycles. The molecular weight excluding hydrogens is 388 g/mol. The Hall–Kier alpha value is -1.07. The number of aliphatic imine (C=N–C) groups is 1. The van der Waals surface area contributed by atoms with Crippen molar-refractivity contribution in [3.63, 3.8) is 0 Å². The van der Waals surface area contributed by atoms with Crippen LogP contribution in [0.3, 0.4) is 0 Å². The second-order valence-corrected chi connectivity index (χ2v) is 9.12. The fraction of sp³-hybridized carbons (Fsp3) is 0.667. The summed E-state index contributed by atoms with van der Waals surface area (Å²) >= 11 is 3.74. The van der Waals surface area contributed by atoms with Gasteiger partial charge in [-0.3, -0.25) is 4.99 Å². The van der Waals surface area contributed by atoms with Crippen LogP contribution in [0.5, 0.6) is 0 Å². The Kier molecular flexibility index (Phi) is 5.55. The molecule has 4 nitrogen and oxygen atoms in total. The summed E-state index contributed by atoms with van der Waals surface area (Å²) in [5.74, 6) is 1.89. The molecule has 1 unspecified atom stereocenters. The summed E-state index contributed by atoms with van der Waals surface area (Å²) in [5.41, 5.74) is 1.72. The lowest BCUT2D eigenvalue weighted by Crippen LogP contribution is -2.43. The molecule has 26 heavy (non-hydrogen) atoms. The Morgan fingerprint density at radius 2 is 2.00 bits per heavy atom. The molecule has 1 aromatic carbocycles. The molecule has 1 N–H and O–H groups in total. The van der Waals surface area contributed by atoms with E-state index >= 15 is 0 Å². The summed E-state index contributed by atoms with van der Waals surface area (Å²) in [5, 5.41) is 3.70. The summed E-state index contributed by atoms with van der Waals surface area (Å²) in [6.07, 6.45) is 6.59. The van der Waals surface area contributed by atoms with E-state index < -0.39 is 0 Å². The number of guanidine groups is 1. The molecule has 0 bridgehead atoms. The Balaban J connectivity index is 1.32. The van der Waals surface area contributed by atoms with Crippen LogP contribution in [0.2, 0.25) is 0 Å². The highest BCUT2D eigenvalue weighted by atomic mass is 79.9. The van der Waals surface area contributed by atoms with Crippen LogP contribution in [0.4, 0.5) is 0 Å². The summed E-state index contributed by atoms with van der Waals surface area (Å²) in [6, 6.07) is 8.68. The number of halogens is 1. The topological polar surface area (TPSA) is 30.9 Å². The first kappa shape index (κ1) is 18.3. The summed E-state index contributed by atoms with van der Waals surface area (Å²) in [6.45, 7) is 7.15. The molecule has 0 spiro atoms. The van der Waals surface area contributed by atoms with Gasteiger partial charge in [0.15, 0.2) is 5.96 Å². The van der Waals surface area contributed by atoms with Crippen LogP contribution in [0.25, 0.3) is 0 Å². The first-order valence-electron chi connectivity index (χ1n) is 10.1. The predicted molar refractivity (Wildman–Crippen MR) is 112 cm³/mol. The van der Waals surface area contributed by atoms with Gasteiger partial charge in [-0.25, -0.2) is 0 Å². The highest BCUT2D eigenvalue weighted by Gasteiger charge is 2.45. The van der Waals surface area contributed by atoms with Gasteiger partial charge in [0.2, 0.25) is 0 Å². The summed E-state index contributed by atoms with van der Waals surface area (Å²) in [4.78, 5) is 9.71. The molecule has 1 saturated carbocycles. The number of nitrogens with zero attached hydrogens (tertiary/aromatic N) is 3. The van der Waals surface area contributed by atoms with E-state index in [1.807, 2.05) is 7.05 Å². The maximum Gasteiger partial charge on any atom is 0.193 e. The van der Waals surface area contributed by atoms with Crippen LogP contribution in [0, 0.1) is 5.92 Å². The molecule has 1 aliphatic carbocycles. The van der Waals surface area contributed by atoms with Crippen LogP contribution < -0.4 is 5.32 Å². The highest BCUT2D eigenvalue weighted by Crippen LogP contribution is 2.49. The van der Waals surface area contributed by atoms with Crippen LogP contribution in [-0.4, -0.2) is 62.1 Å². The van der Waals surface area contributed by atoms with E-state index in [1.54, 1.807) is 0 Å². The van der Waals surface area contributed by atoms with Gasteiger partial charge in [0.1, 0.15) is 0 Å². The summed E-state index contributed by atoms with van der Waals surface area (Å²) < 4.78 is 1.24. The van der Waals surface area contributed by atoms with Crippen molar-refractivity contribution in [2.24, 2.45) is 10.9 Å². The van der Waals surface area contributed by atoms with Gasteiger partial charge in [0.05, 0.1) is 0 Å². The number of nitrogens with one attached hydrogen (secondary N) is 1. The molecule has 0 radical (unpaired) electrons. The minimum absolute atomic E-state index is 0.282. The van der Waals surface area contributed by atoms with Crippen LogP contribution in [0.1, 0.15) is 37.7 Å². The van der Waals surface area contributed by atoms with Crippen molar-refractivity contribution in [2.75, 3.05) is 46.3 Å². The Morgan fingerprint density at radius 1 is 1.23 bits per heavy atom. The largest absolute Gasteiger partial charge is 0.355 e. The van der Waals surface area contributed by atoms with E-state index in [0.717, 1.165) is 31.5 Å². The predicted octanol–water partition coefficient (Wildman–Crippen LogP) is 3.47. The Labute approximate surface area is 166 Å². The normalized spacial score (nSPS) is 25.7. The van der Waals surface area contributed by atoms with Gasteiger partial charge in [-0.2, -0.15) is 0 Å². The van der Waals surface area contributed by atoms with Gasteiger partial charge >= 0.3 is 0 Å². The lowest BCUT2D eigenvalue weighted by Gasteiger charge is -2.26. The molecule has 4 rings (SSSR count). The highest BCUT2D eigenvalue weighted by molar-refractivity contribution is 9.10. The molecule has 1 atom stereocenters. The fourth-order valence-corrected chi connectivity index (χ4v) is 5.37. The third-order valence-electron chi connectivity index (χ3n) is 6.40. The van der Waals surface area contributed by atoms with Gasteiger partial charge in [-0.15, -0.1) is 0 Å². The monoisotopic (exact) mass is 418 g/mol. The minimum atomic E-state index is 0.282. The minimum Gasteiger partial charge on any atom is -0.355 e. The van der Waals surface area contributed by atoms with E-state index in [-0.39, 0.29) is 5.41 Å². The molecule has 0 aromatic heterocycles. The van der Waals surface area contributed by atoms with Crippen molar-refractivity contribution in [1.82, 2.24) is 15.1 Å². The van der Waals surface area contributed by atoms with E-state index in [1.165, 1.54) is 61.8 Å². The number of hydrogen-bond donors (Lipinski definition) is 1. The van der Waals surface area contributed by atoms with Crippen molar-refractivity contribution < 1.29 is 0 Å². The van der Waals surface area contributed by atoms with Crippen LogP contribution in [0.15, 0.2) is 33.7 Å². The molecule has 0 amide bonds. The molecule has 142 valence electrons. The fourth-order valence-electron chi connectivity index (χ4n) is 4.67. The maximum atomic E-state index is 4.59. The number of likely N-dealkylation sites (tertiary alicyclic amines) is 2. The summed E-state index contributed by atoms with van der Waals surface area (Å²) in [7, 11) is 1.92. The van der Waals surface area contributed by atoms with Crippen LogP contribution in [-0.2, 0) is 5.41 Å². The Bertz CT molecular complexity index is 649. The van der Waals surface area contributed by atoms with Gasteiger partial charge in [-0.05, 0) is 62.7 Å². The van der Waals surface area contributed by atoms with Gasteiger partial charge in [0.25, 0.3) is 0 Å². The van der Waals surface area contributed by atoms with Gasteiger partial charge < -0.3 is 15.1 Å². The Morgan fingerprint density at radius 3 is 2.69 bits per heavy atom. The van der Waals surface area contributed by atoms with Crippen molar-refractivity contribution in [1.29, 1.82) is 0 Å². The maximum absolute atomic E-state index is 4.59. The first-order chi connectivity index (χ1) is 12.7. The molecule has 3 aliphatic rings. The second-order valence-electron chi connectivity index (χ2n) is 8.27. The molecule has 3 fully saturated rings. The molecule has 5 heteroatoms. The van der Waals surface area contributed by atoms with E-state index in [4.69, 9.17) is 0 Å². The van der Waals surface area contributed by atoms with E-state index in [0.29, 0.717) is 0 Å². The zero-order valence-corrected chi connectivity index (χ0v) is 17.5. The zero-order valence-electron chi connectivity index (χ0n) is 15.9. The first-order valence-corrected chi connectivity index (χ1v) is 10.9. The van der Waals surface area contributed by atoms with E-state index in [2.05, 4.69) is 60.3 Å². The average molecular weight is 419 g/mol.